The summed E-state index contributed by atoms with van der Waals surface area (Å²) in [6.45, 7) is 5.26. The number of esters is 1. The Balaban J connectivity index is 2.89. The Kier molecular flexibility index (Phi) is 4.66. The molecule has 94 valence electrons. The average Bonchev–Trinajstić information content (AvgIpc) is 2.23. The first kappa shape index (κ1) is 14.1. The van der Waals surface area contributed by atoms with Gasteiger partial charge in [-0.1, -0.05) is 23.2 Å². The first-order valence-corrected chi connectivity index (χ1v) is 5.93. The third kappa shape index (κ3) is 3.79. The topological polar surface area (TPSA) is 35.5 Å². The van der Waals surface area contributed by atoms with E-state index in [1.165, 1.54) is 0 Å². The second-order valence-corrected chi connectivity index (χ2v) is 4.75. The molecule has 0 radical (unpaired) electrons. The number of hydrogen-bond acceptors (Lipinski definition) is 3. The highest BCUT2D eigenvalue weighted by Gasteiger charge is 2.32. The lowest BCUT2D eigenvalue weighted by atomic mass is 10.1. The highest BCUT2D eigenvalue weighted by Crippen LogP contribution is 2.31. The summed E-state index contributed by atoms with van der Waals surface area (Å²) >= 11 is 11.8. The molecule has 0 unspecified atom stereocenters. The molecule has 1 aromatic carbocycles. The summed E-state index contributed by atoms with van der Waals surface area (Å²) in [6.07, 6.45) is 0. The van der Waals surface area contributed by atoms with Gasteiger partial charge < -0.3 is 9.47 Å². The fourth-order valence-corrected chi connectivity index (χ4v) is 1.50. The van der Waals surface area contributed by atoms with Gasteiger partial charge in [0.15, 0.2) is 5.60 Å². The van der Waals surface area contributed by atoms with E-state index >= 15 is 0 Å². The predicted octanol–water partition coefficient (Wildman–Crippen LogP) is 3.71. The molecule has 1 rings (SSSR count). The molecule has 0 spiro atoms. The highest BCUT2D eigenvalue weighted by molar-refractivity contribution is 6.34. The Labute approximate surface area is 111 Å². The highest BCUT2D eigenvalue weighted by atomic mass is 35.5. The molecule has 17 heavy (non-hydrogen) atoms. The molecule has 0 fully saturated rings. The van der Waals surface area contributed by atoms with Gasteiger partial charge in [-0.05, 0) is 32.9 Å². The van der Waals surface area contributed by atoms with Crippen molar-refractivity contribution in [1.82, 2.24) is 0 Å². The summed E-state index contributed by atoms with van der Waals surface area (Å²) in [4.78, 5) is 11.6. The summed E-state index contributed by atoms with van der Waals surface area (Å²) in [5.74, 6) is -0.0896. The van der Waals surface area contributed by atoms with E-state index in [-0.39, 0.29) is 0 Å². The van der Waals surface area contributed by atoms with Crippen LogP contribution in [0.2, 0.25) is 10.0 Å². The second kappa shape index (κ2) is 5.61. The second-order valence-electron chi connectivity index (χ2n) is 3.91. The number of ether oxygens (including phenoxy) is 2. The molecule has 0 aliphatic rings. The van der Waals surface area contributed by atoms with E-state index in [9.17, 15) is 4.79 Å². The number of carbonyl (C=O) groups is 1. The number of benzene rings is 1. The van der Waals surface area contributed by atoms with Gasteiger partial charge in [0.1, 0.15) is 5.75 Å². The normalized spacial score (nSPS) is 11.1. The smallest absolute Gasteiger partial charge is 0.349 e. The molecule has 1 aromatic rings. The molecule has 0 bridgehead atoms. The lowest BCUT2D eigenvalue weighted by Gasteiger charge is -2.24. The fraction of sp³-hybridized carbons (Fsp3) is 0.417. The van der Waals surface area contributed by atoms with Crippen molar-refractivity contribution in [3.05, 3.63) is 28.2 Å². The molecule has 0 amide bonds. The van der Waals surface area contributed by atoms with E-state index in [1.54, 1.807) is 39.0 Å². The van der Waals surface area contributed by atoms with Crippen molar-refractivity contribution in [2.45, 2.75) is 26.4 Å². The number of carbonyl (C=O) groups excluding carboxylic acids is 1. The molecule has 5 heteroatoms. The van der Waals surface area contributed by atoms with Gasteiger partial charge in [0.25, 0.3) is 0 Å². The Hall–Kier alpha value is -0.930. The average molecular weight is 277 g/mol. The minimum Gasteiger partial charge on any atom is -0.475 e. The lowest BCUT2D eigenvalue weighted by Crippen LogP contribution is -2.39. The van der Waals surface area contributed by atoms with Gasteiger partial charge in [0, 0.05) is 11.1 Å². The molecule has 0 aliphatic heterocycles. The van der Waals surface area contributed by atoms with Crippen molar-refractivity contribution in [2.75, 3.05) is 6.61 Å². The van der Waals surface area contributed by atoms with Crippen LogP contribution in [0.4, 0.5) is 0 Å². The Morgan fingerprint density at radius 3 is 2.59 bits per heavy atom. The molecule has 0 heterocycles. The van der Waals surface area contributed by atoms with Crippen LogP contribution in [0.1, 0.15) is 20.8 Å². The third-order valence-corrected chi connectivity index (χ3v) is 2.57. The van der Waals surface area contributed by atoms with Gasteiger partial charge in [-0.25, -0.2) is 4.79 Å². The summed E-state index contributed by atoms with van der Waals surface area (Å²) in [5.41, 5.74) is -1.11. The molecule has 0 saturated heterocycles. The third-order valence-electron chi connectivity index (χ3n) is 2.03. The van der Waals surface area contributed by atoms with Gasteiger partial charge in [-0.3, -0.25) is 0 Å². The summed E-state index contributed by atoms with van der Waals surface area (Å²) in [5, 5.41) is 0.885. The maximum atomic E-state index is 11.6. The first-order valence-electron chi connectivity index (χ1n) is 5.18. The van der Waals surface area contributed by atoms with Crippen LogP contribution in [0.25, 0.3) is 0 Å². The molecule has 0 saturated carbocycles. The van der Waals surface area contributed by atoms with E-state index in [4.69, 9.17) is 32.7 Å². The van der Waals surface area contributed by atoms with Crippen molar-refractivity contribution in [2.24, 2.45) is 0 Å². The molecule has 0 N–H and O–H groups in total. The van der Waals surface area contributed by atoms with Crippen molar-refractivity contribution in [3.63, 3.8) is 0 Å². The standard InChI is InChI=1S/C12H14Cl2O3/c1-4-16-11(15)12(2,3)17-10-7-8(13)5-6-9(10)14/h5-7H,4H2,1-3H3. The molecule has 0 aliphatic carbocycles. The van der Waals surface area contributed by atoms with Crippen LogP contribution in [0.5, 0.6) is 5.75 Å². The molecule has 3 nitrogen and oxygen atoms in total. The van der Waals surface area contributed by atoms with Gasteiger partial charge in [0.05, 0.1) is 11.6 Å². The summed E-state index contributed by atoms with van der Waals surface area (Å²) < 4.78 is 10.4. The van der Waals surface area contributed by atoms with Crippen LogP contribution < -0.4 is 4.74 Å². The summed E-state index contributed by atoms with van der Waals surface area (Å²) in [7, 11) is 0. The van der Waals surface area contributed by atoms with Crippen LogP contribution in [0, 0.1) is 0 Å². The Morgan fingerprint density at radius 1 is 1.35 bits per heavy atom. The fourth-order valence-electron chi connectivity index (χ4n) is 1.18. The minimum atomic E-state index is -1.11. The van der Waals surface area contributed by atoms with Crippen LogP contribution in [0.15, 0.2) is 18.2 Å². The van der Waals surface area contributed by atoms with E-state index in [0.29, 0.717) is 22.4 Å². The van der Waals surface area contributed by atoms with Gasteiger partial charge in [-0.2, -0.15) is 0 Å². The van der Waals surface area contributed by atoms with Crippen LogP contribution in [-0.4, -0.2) is 18.2 Å². The summed E-state index contributed by atoms with van der Waals surface area (Å²) in [6, 6.07) is 4.82. The lowest BCUT2D eigenvalue weighted by molar-refractivity contribution is -0.158. The minimum absolute atomic E-state index is 0.300. The van der Waals surface area contributed by atoms with Crippen molar-refractivity contribution < 1.29 is 14.3 Å². The van der Waals surface area contributed by atoms with Crippen LogP contribution in [0.3, 0.4) is 0 Å². The van der Waals surface area contributed by atoms with E-state index < -0.39 is 11.6 Å². The maximum absolute atomic E-state index is 11.6. The van der Waals surface area contributed by atoms with Crippen molar-refractivity contribution in [1.29, 1.82) is 0 Å². The number of hydrogen-bond donors (Lipinski definition) is 0. The largest absolute Gasteiger partial charge is 0.475 e. The van der Waals surface area contributed by atoms with Gasteiger partial charge in [-0.15, -0.1) is 0 Å². The molecule has 0 aromatic heterocycles. The zero-order chi connectivity index (χ0) is 13.1. The molecular formula is C12H14Cl2O3. The predicted molar refractivity (Wildman–Crippen MR) is 67.8 cm³/mol. The Bertz CT molecular complexity index is 416. The zero-order valence-electron chi connectivity index (χ0n) is 9.92. The quantitative estimate of drug-likeness (QED) is 0.787. The van der Waals surface area contributed by atoms with Crippen LogP contribution >= 0.6 is 23.2 Å². The molecular weight excluding hydrogens is 263 g/mol. The van der Waals surface area contributed by atoms with Crippen LogP contribution in [-0.2, 0) is 9.53 Å². The SMILES string of the molecule is CCOC(=O)C(C)(C)Oc1cc(Cl)ccc1Cl. The first-order chi connectivity index (χ1) is 7.86. The van der Waals surface area contributed by atoms with E-state index in [1.807, 2.05) is 0 Å². The Morgan fingerprint density at radius 2 is 2.00 bits per heavy atom. The van der Waals surface area contributed by atoms with E-state index in [2.05, 4.69) is 0 Å². The van der Waals surface area contributed by atoms with Gasteiger partial charge >= 0.3 is 5.97 Å². The van der Waals surface area contributed by atoms with Crippen molar-refractivity contribution in [3.8, 4) is 5.75 Å². The zero-order valence-corrected chi connectivity index (χ0v) is 11.4. The maximum Gasteiger partial charge on any atom is 0.349 e. The van der Waals surface area contributed by atoms with E-state index in [0.717, 1.165) is 0 Å². The van der Waals surface area contributed by atoms with Crippen molar-refractivity contribution >= 4 is 29.2 Å². The molecule has 0 atom stereocenters. The van der Waals surface area contributed by atoms with Gasteiger partial charge in [0.2, 0.25) is 0 Å². The monoisotopic (exact) mass is 276 g/mol. The number of rotatable bonds is 4. The number of halogens is 2.